The first-order valence-corrected chi connectivity index (χ1v) is 13.0. The van der Waals surface area contributed by atoms with Gasteiger partial charge in [0.1, 0.15) is 5.65 Å². The number of rotatable bonds is 4. The van der Waals surface area contributed by atoms with Gasteiger partial charge in [0.25, 0.3) is 0 Å². The zero-order valence-corrected chi connectivity index (χ0v) is 21.7. The molecule has 0 aliphatic rings. The number of hydrogen-bond donors (Lipinski definition) is 0. The minimum atomic E-state index is 0.810. The van der Waals surface area contributed by atoms with E-state index in [1.54, 1.807) is 12.4 Å². The second-order valence-electron chi connectivity index (χ2n) is 8.97. The van der Waals surface area contributed by atoms with Crippen LogP contribution in [-0.2, 0) is 0 Å². The van der Waals surface area contributed by atoms with Crippen molar-refractivity contribution in [2.75, 3.05) is 0 Å². The second kappa shape index (κ2) is 9.32. The van der Waals surface area contributed by atoms with E-state index in [-0.39, 0.29) is 0 Å². The highest BCUT2D eigenvalue weighted by Gasteiger charge is 2.14. The molecule has 0 radical (unpaired) electrons. The molecule has 0 amide bonds. The average Bonchev–Trinajstić information content (AvgIpc) is 3.31. The Balaban J connectivity index is 1.37. The van der Waals surface area contributed by atoms with Crippen LogP contribution >= 0.6 is 15.9 Å². The second-order valence-corrected chi connectivity index (χ2v) is 9.89. The van der Waals surface area contributed by atoms with Gasteiger partial charge in [-0.1, -0.05) is 40.2 Å². The van der Waals surface area contributed by atoms with Crippen molar-refractivity contribution in [2.45, 2.75) is 0 Å². The highest BCUT2D eigenvalue weighted by atomic mass is 79.9. The van der Waals surface area contributed by atoms with E-state index in [1.807, 2.05) is 48.7 Å². The van der Waals surface area contributed by atoms with Gasteiger partial charge in [-0.15, -0.1) is 0 Å². The van der Waals surface area contributed by atoms with Gasteiger partial charge in [-0.3, -0.25) is 14.5 Å². The van der Waals surface area contributed by atoms with E-state index in [9.17, 15) is 0 Å². The van der Waals surface area contributed by atoms with E-state index in [0.29, 0.717) is 0 Å². The van der Waals surface area contributed by atoms with Crippen LogP contribution < -0.4 is 0 Å². The number of aromatic nitrogens is 5. The topological polar surface area (TPSA) is 56.5 Å². The number of nitrogens with zero attached hydrogens (tertiary/aromatic N) is 5. The molecule has 7 aromatic rings. The highest BCUT2D eigenvalue weighted by molar-refractivity contribution is 9.10. The number of pyridine rings is 4. The number of fused-ring (bicyclic) bond motifs is 3. The van der Waals surface area contributed by atoms with Gasteiger partial charge in [-0.05, 0) is 90.0 Å². The van der Waals surface area contributed by atoms with Crippen LogP contribution in [0.4, 0.5) is 0 Å². The van der Waals surface area contributed by atoms with E-state index in [0.717, 1.165) is 60.6 Å². The number of hydrogen-bond acceptors (Lipinski definition) is 4. The summed E-state index contributed by atoms with van der Waals surface area (Å²) in [6.07, 6.45) is 5.42. The SMILES string of the molecule is Brc1ccc2c(c1)c1cccnc1n2-c1ccc(-c2cc(-c3ccccn3)nc(-c3ccccn3)c2)cc1. The molecule has 0 aliphatic carbocycles. The zero-order valence-electron chi connectivity index (χ0n) is 20.2. The summed E-state index contributed by atoms with van der Waals surface area (Å²) in [6.45, 7) is 0. The molecule has 0 N–H and O–H groups in total. The van der Waals surface area contributed by atoms with Crippen molar-refractivity contribution in [1.82, 2.24) is 24.5 Å². The summed E-state index contributed by atoms with van der Waals surface area (Å²) in [4.78, 5) is 18.7. The Morgan fingerprint density at radius 1 is 0.526 bits per heavy atom. The molecule has 0 unspecified atom stereocenters. The predicted molar refractivity (Wildman–Crippen MR) is 156 cm³/mol. The van der Waals surface area contributed by atoms with Crippen molar-refractivity contribution in [3.63, 3.8) is 0 Å². The van der Waals surface area contributed by atoms with Crippen molar-refractivity contribution in [1.29, 1.82) is 0 Å². The fourth-order valence-corrected chi connectivity index (χ4v) is 5.23. The Kier molecular flexibility index (Phi) is 5.52. The minimum Gasteiger partial charge on any atom is -0.294 e. The molecule has 0 fully saturated rings. The lowest BCUT2D eigenvalue weighted by Crippen LogP contribution is -1.96. The molecular weight excluding hydrogens is 534 g/mol. The number of halogens is 1. The molecule has 0 atom stereocenters. The molecule has 0 aliphatic heterocycles. The zero-order chi connectivity index (χ0) is 25.5. The van der Waals surface area contributed by atoms with Crippen LogP contribution in [0.5, 0.6) is 0 Å². The fraction of sp³-hybridized carbons (Fsp3) is 0. The summed E-state index contributed by atoms with van der Waals surface area (Å²) in [5.41, 5.74) is 8.52. The maximum Gasteiger partial charge on any atom is 0.145 e. The molecular formula is C32H20BrN5. The van der Waals surface area contributed by atoms with Crippen LogP contribution in [0, 0.1) is 0 Å². The summed E-state index contributed by atoms with van der Waals surface area (Å²) in [6, 6.07) is 35.0. The molecule has 6 heteroatoms. The molecule has 0 saturated heterocycles. The van der Waals surface area contributed by atoms with E-state index < -0.39 is 0 Å². The van der Waals surface area contributed by atoms with Gasteiger partial charge >= 0.3 is 0 Å². The lowest BCUT2D eigenvalue weighted by atomic mass is 10.0. The van der Waals surface area contributed by atoms with Crippen LogP contribution in [0.25, 0.3) is 61.5 Å². The molecule has 0 spiro atoms. The van der Waals surface area contributed by atoms with E-state index >= 15 is 0 Å². The van der Waals surface area contributed by atoms with Crippen molar-refractivity contribution in [2.24, 2.45) is 0 Å². The fourth-order valence-electron chi connectivity index (χ4n) is 4.87. The predicted octanol–water partition coefficient (Wildman–Crippen LogP) is 8.13. The summed E-state index contributed by atoms with van der Waals surface area (Å²) in [7, 11) is 0. The minimum absolute atomic E-state index is 0.810. The maximum absolute atomic E-state index is 4.89. The number of benzene rings is 2. The van der Waals surface area contributed by atoms with Gasteiger partial charge in [0.05, 0.1) is 28.3 Å². The van der Waals surface area contributed by atoms with Crippen LogP contribution in [0.3, 0.4) is 0 Å². The molecule has 0 saturated carbocycles. The van der Waals surface area contributed by atoms with Gasteiger partial charge in [0.15, 0.2) is 0 Å². The third-order valence-electron chi connectivity index (χ3n) is 6.63. The van der Waals surface area contributed by atoms with Gasteiger partial charge in [-0.2, -0.15) is 0 Å². The Labute approximate surface area is 227 Å². The first-order chi connectivity index (χ1) is 18.7. The van der Waals surface area contributed by atoms with E-state index in [2.05, 4.69) is 91.1 Å². The molecule has 38 heavy (non-hydrogen) atoms. The quantitative estimate of drug-likeness (QED) is 0.221. The van der Waals surface area contributed by atoms with E-state index in [1.165, 1.54) is 5.39 Å². The summed E-state index contributed by atoms with van der Waals surface area (Å²) in [5, 5.41) is 2.29. The molecule has 5 nitrogen and oxygen atoms in total. The first kappa shape index (κ1) is 22.5. The van der Waals surface area contributed by atoms with Gasteiger partial charge in [0.2, 0.25) is 0 Å². The Morgan fingerprint density at radius 2 is 1.21 bits per heavy atom. The maximum atomic E-state index is 4.89. The van der Waals surface area contributed by atoms with Gasteiger partial charge in [0, 0.05) is 39.5 Å². The smallest absolute Gasteiger partial charge is 0.145 e. The average molecular weight is 554 g/mol. The Morgan fingerprint density at radius 3 is 1.87 bits per heavy atom. The van der Waals surface area contributed by atoms with Gasteiger partial charge < -0.3 is 0 Å². The molecule has 180 valence electrons. The Hall–Kier alpha value is -4.68. The van der Waals surface area contributed by atoms with Crippen molar-refractivity contribution < 1.29 is 0 Å². The monoisotopic (exact) mass is 553 g/mol. The molecule has 5 heterocycles. The van der Waals surface area contributed by atoms with Gasteiger partial charge in [-0.25, -0.2) is 9.97 Å². The lowest BCUT2D eigenvalue weighted by Gasteiger charge is -2.11. The molecule has 5 aromatic heterocycles. The highest BCUT2D eigenvalue weighted by Crippen LogP contribution is 2.34. The van der Waals surface area contributed by atoms with Crippen molar-refractivity contribution >= 4 is 37.9 Å². The molecule has 0 bridgehead atoms. The normalized spacial score (nSPS) is 11.3. The lowest BCUT2D eigenvalue weighted by molar-refractivity contribution is 1.14. The summed E-state index contributed by atoms with van der Waals surface area (Å²) >= 11 is 3.62. The summed E-state index contributed by atoms with van der Waals surface area (Å²) in [5.74, 6) is 0. The largest absolute Gasteiger partial charge is 0.294 e. The third-order valence-corrected chi connectivity index (χ3v) is 7.12. The molecule has 7 rings (SSSR count). The molecule has 2 aromatic carbocycles. The van der Waals surface area contributed by atoms with E-state index in [4.69, 9.17) is 9.97 Å². The van der Waals surface area contributed by atoms with Crippen molar-refractivity contribution in [3.05, 3.63) is 126 Å². The standard InChI is InChI=1S/C32H20BrN5/c33-23-11-14-31-26(20-23)25-6-5-17-36-32(25)38(31)24-12-9-21(10-13-24)22-18-29(27-7-1-3-15-34-27)37-30(19-22)28-8-2-4-16-35-28/h1-20H. The van der Waals surface area contributed by atoms with Crippen LogP contribution in [0.1, 0.15) is 0 Å². The van der Waals surface area contributed by atoms with Crippen LogP contribution in [0.2, 0.25) is 0 Å². The van der Waals surface area contributed by atoms with Crippen LogP contribution in [-0.4, -0.2) is 24.5 Å². The van der Waals surface area contributed by atoms with Crippen LogP contribution in [0.15, 0.2) is 126 Å². The van der Waals surface area contributed by atoms with Crippen molar-refractivity contribution in [3.8, 4) is 39.6 Å². The summed E-state index contributed by atoms with van der Waals surface area (Å²) < 4.78 is 3.26. The first-order valence-electron chi connectivity index (χ1n) is 12.2. The third kappa shape index (κ3) is 3.96. The Bertz CT molecular complexity index is 1860.